The van der Waals surface area contributed by atoms with Gasteiger partial charge in [0.25, 0.3) is 0 Å². The molecule has 1 nitrogen and oxygen atoms in total. The minimum absolute atomic E-state index is 0.283. The van der Waals surface area contributed by atoms with Crippen molar-refractivity contribution in [2.24, 2.45) is 0 Å². The van der Waals surface area contributed by atoms with Crippen molar-refractivity contribution in [1.82, 2.24) is 5.32 Å². The first-order valence-electron chi connectivity index (χ1n) is 4.88. The Morgan fingerprint density at radius 3 is 2.69 bits per heavy atom. The van der Waals surface area contributed by atoms with Crippen LogP contribution in [0.2, 0.25) is 0 Å². The molecule has 1 N–H and O–H groups in total. The molecule has 4 heteroatoms. The first kappa shape index (κ1) is 12.5. The summed E-state index contributed by atoms with van der Waals surface area (Å²) >= 11 is 7.62. The lowest BCUT2D eigenvalue weighted by Gasteiger charge is -2.15. The topological polar surface area (TPSA) is 12.0 Å². The summed E-state index contributed by atoms with van der Waals surface area (Å²) in [5.74, 6) is 0. The first-order chi connectivity index (χ1) is 7.70. The van der Waals surface area contributed by atoms with E-state index >= 15 is 0 Å². The minimum Gasteiger partial charge on any atom is -0.309 e. The van der Waals surface area contributed by atoms with Crippen molar-refractivity contribution in [3.63, 3.8) is 0 Å². The zero-order valence-corrected chi connectivity index (χ0v) is 13.3. The van der Waals surface area contributed by atoms with Crippen molar-refractivity contribution in [3.8, 4) is 0 Å². The summed E-state index contributed by atoms with van der Waals surface area (Å²) in [4.78, 5) is 1.33. The standard InChI is InChI=1S/C12H11BrINS/c1-15-12(10-5-6-11(13)16-10)8-3-2-4-9(14)7-8/h2-7,12,15H,1H3. The fraction of sp³-hybridized carbons (Fsp3) is 0.167. The zero-order valence-electron chi connectivity index (χ0n) is 8.71. The predicted octanol–water partition coefficient (Wildman–Crippen LogP) is 4.42. The van der Waals surface area contributed by atoms with E-state index in [0.29, 0.717) is 0 Å². The maximum absolute atomic E-state index is 3.51. The van der Waals surface area contributed by atoms with Gasteiger partial charge in [-0.2, -0.15) is 0 Å². The van der Waals surface area contributed by atoms with Crippen molar-refractivity contribution in [1.29, 1.82) is 0 Å². The van der Waals surface area contributed by atoms with Gasteiger partial charge < -0.3 is 5.32 Å². The van der Waals surface area contributed by atoms with Crippen LogP contribution in [-0.4, -0.2) is 7.05 Å². The Morgan fingerprint density at radius 1 is 1.31 bits per heavy atom. The molecule has 84 valence electrons. The number of thiophene rings is 1. The summed E-state index contributed by atoms with van der Waals surface area (Å²) < 4.78 is 2.44. The summed E-state index contributed by atoms with van der Waals surface area (Å²) in [6, 6.07) is 13.1. The number of rotatable bonds is 3. The van der Waals surface area contributed by atoms with Gasteiger partial charge in [0.2, 0.25) is 0 Å². The van der Waals surface area contributed by atoms with E-state index < -0.39 is 0 Å². The molecule has 1 heterocycles. The van der Waals surface area contributed by atoms with Gasteiger partial charge in [-0.15, -0.1) is 11.3 Å². The van der Waals surface area contributed by atoms with E-state index in [1.54, 1.807) is 11.3 Å². The molecule has 0 saturated carbocycles. The Bertz CT molecular complexity index is 483. The summed E-state index contributed by atoms with van der Waals surface area (Å²) in [6.45, 7) is 0. The van der Waals surface area contributed by atoms with Gasteiger partial charge in [-0.3, -0.25) is 0 Å². The Labute approximate surface area is 122 Å². The first-order valence-corrected chi connectivity index (χ1v) is 7.57. The third-order valence-corrected chi connectivity index (χ3v) is 4.71. The van der Waals surface area contributed by atoms with E-state index in [1.165, 1.54) is 17.8 Å². The zero-order chi connectivity index (χ0) is 11.5. The molecule has 16 heavy (non-hydrogen) atoms. The Hall–Kier alpha value is 0.0900. The second kappa shape index (κ2) is 5.62. The lowest BCUT2D eigenvalue weighted by molar-refractivity contribution is 0.703. The van der Waals surface area contributed by atoms with Crippen molar-refractivity contribution in [2.75, 3.05) is 7.05 Å². The molecule has 0 spiro atoms. The molecule has 2 aromatic rings. The smallest absolute Gasteiger partial charge is 0.0702 e. The van der Waals surface area contributed by atoms with E-state index in [1.807, 2.05) is 7.05 Å². The van der Waals surface area contributed by atoms with Crippen molar-refractivity contribution in [2.45, 2.75) is 6.04 Å². The summed E-state index contributed by atoms with van der Waals surface area (Å²) in [5.41, 5.74) is 1.31. The quantitative estimate of drug-likeness (QED) is 0.742. The van der Waals surface area contributed by atoms with Gasteiger partial charge in [-0.25, -0.2) is 0 Å². The van der Waals surface area contributed by atoms with E-state index in [0.717, 1.165) is 0 Å². The lowest BCUT2D eigenvalue weighted by Crippen LogP contribution is -2.16. The minimum atomic E-state index is 0.283. The van der Waals surface area contributed by atoms with Crippen LogP contribution in [0, 0.1) is 3.57 Å². The molecule has 1 aromatic carbocycles. The monoisotopic (exact) mass is 407 g/mol. The third-order valence-electron chi connectivity index (χ3n) is 2.35. The van der Waals surface area contributed by atoms with Gasteiger partial charge >= 0.3 is 0 Å². The average Bonchev–Trinajstić information content (AvgIpc) is 2.66. The van der Waals surface area contributed by atoms with Gasteiger partial charge in [-0.05, 0) is 75.4 Å². The van der Waals surface area contributed by atoms with Gasteiger partial charge in [0.15, 0.2) is 0 Å². The number of nitrogens with one attached hydrogen (secondary N) is 1. The van der Waals surface area contributed by atoms with Crippen molar-refractivity contribution >= 4 is 49.9 Å². The molecular weight excluding hydrogens is 397 g/mol. The molecule has 1 atom stereocenters. The van der Waals surface area contributed by atoms with Crippen LogP contribution in [0.3, 0.4) is 0 Å². The van der Waals surface area contributed by atoms with Gasteiger partial charge in [-0.1, -0.05) is 12.1 Å². The molecule has 0 radical (unpaired) electrons. The fourth-order valence-electron chi connectivity index (χ4n) is 1.64. The van der Waals surface area contributed by atoms with E-state index in [4.69, 9.17) is 0 Å². The maximum atomic E-state index is 3.51. The Kier molecular flexibility index (Phi) is 4.41. The maximum Gasteiger partial charge on any atom is 0.0702 e. The molecular formula is C12H11BrINS. The number of hydrogen-bond acceptors (Lipinski definition) is 2. The van der Waals surface area contributed by atoms with Crippen LogP contribution in [-0.2, 0) is 0 Å². The van der Waals surface area contributed by atoms with Crippen molar-refractivity contribution in [3.05, 3.63) is 54.2 Å². The average molecular weight is 408 g/mol. The SMILES string of the molecule is CNC(c1cccc(I)c1)c1ccc(Br)s1. The van der Waals surface area contributed by atoms with Gasteiger partial charge in [0, 0.05) is 8.45 Å². The number of halogens is 2. The fourth-order valence-corrected chi connectivity index (χ4v) is 3.77. The molecule has 0 aliphatic rings. The van der Waals surface area contributed by atoms with Crippen LogP contribution >= 0.6 is 49.9 Å². The summed E-state index contributed by atoms with van der Waals surface area (Å²) in [7, 11) is 2.00. The summed E-state index contributed by atoms with van der Waals surface area (Å²) in [5, 5.41) is 3.36. The highest BCUT2D eigenvalue weighted by atomic mass is 127. The molecule has 0 aliphatic heterocycles. The molecule has 0 amide bonds. The Morgan fingerprint density at radius 2 is 2.12 bits per heavy atom. The van der Waals surface area contributed by atoms with Crippen LogP contribution in [0.4, 0.5) is 0 Å². The van der Waals surface area contributed by atoms with Crippen LogP contribution in [0.15, 0.2) is 40.2 Å². The summed E-state index contributed by atoms with van der Waals surface area (Å²) in [6.07, 6.45) is 0. The number of benzene rings is 1. The Balaban J connectivity index is 2.36. The van der Waals surface area contributed by atoms with Crippen LogP contribution in [0.5, 0.6) is 0 Å². The molecule has 1 aromatic heterocycles. The second-order valence-electron chi connectivity index (χ2n) is 3.42. The van der Waals surface area contributed by atoms with E-state index in [2.05, 4.69) is 80.2 Å². The third kappa shape index (κ3) is 2.85. The van der Waals surface area contributed by atoms with E-state index in [9.17, 15) is 0 Å². The normalized spacial score (nSPS) is 12.7. The molecule has 0 saturated heterocycles. The van der Waals surface area contributed by atoms with Crippen molar-refractivity contribution < 1.29 is 0 Å². The highest BCUT2D eigenvalue weighted by Crippen LogP contribution is 2.31. The van der Waals surface area contributed by atoms with Crippen LogP contribution in [0.25, 0.3) is 0 Å². The van der Waals surface area contributed by atoms with Gasteiger partial charge in [0.05, 0.1) is 9.83 Å². The molecule has 2 rings (SSSR count). The number of hydrogen-bond donors (Lipinski definition) is 1. The predicted molar refractivity (Wildman–Crippen MR) is 82.1 cm³/mol. The van der Waals surface area contributed by atoms with E-state index in [-0.39, 0.29) is 6.04 Å². The molecule has 0 bridgehead atoms. The highest BCUT2D eigenvalue weighted by Gasteiger charge is 2.13. The molecule has 1 unspecified atom stereocenters. The molecule has 0 aliphatic carbocycles. The molecule has 0 fully saturated rings. The van der Waals surface area contributed by atoms with Gasteiger partial charge in [0.1, 0.15) is 0 Å². The van der Waals surface area contributed by atoms with Crippen LogP contribution < -0.4 is 5.32 Å². The second-order valence-corrected chi connectivity index (χ2v) is 7.16. The largest absolute Gasteiger partial charge is 0.309 e. The van der Waals surface area contributed by atoms with Crippen LogP contribution in [0.1, 0.15) is 16.5 Å². The lowest BCUT2D eigenvalue weighted by atomic mass is 10.1. The highest BCUT2D eigenvalue weighted by molar-refractivity contribution is 14.1.